The quantitative estimate of drug-likeness (QED) is 0.348. The van der Waals surface area contributed by atoms with Gasteiger partial charge in [0.1, 0.15) is 0 Å². The van der Waals surface area contributed by atoms with Gasteiger partial charge in [0.2, 0.25) is 6.41 Å². The Morgan fingerprint density at radius 2 is 1.61 bits per heavy atom. The predicted octanol–water partition coefficient (Wildman–Crippen LogP) is -0.282. The second-order valence-electron chi connectivity index (χ2n) is 4.92. The van der Waals surface area contributed by atoms with Crippen LogP contribution in [0.1, 0.15) is 27.1 Å². The molecular weight excluding hydrogens is 300 g/mol. The van der Waals surface area contributed by atoms with Crippen molar-refractivity contribution in [1.29, 1.82) is 0 Å². The molecular formula is C15H18N4O4. The fourth-order valence-electron chi connectivity index (χ4n) is 2.24. The number of nitrogens with zero attached hydrogens (tertiary/aromatic N) is 1. The van der Waals surface area contributed by atoms with Crippen molar-refractivity contribution in [3.05, 3.63) is 35.4 Å². The Balaban J connectivity index is 1.71. The second-order valence-corrected chi connectivity index (χ2v) is 4.92. The third-order valence-corrected chi connectivity index (χ3v) is 3.37. The molecule has 5 amide bonds. The van der Waals surface area contributed by atoms with Gasteiger partial charge in [0.25, 0.3) is 11.8 Å². The molecule has 23 heavy (non-hydrogen) atoms. The van der Waals surface area contributed by atoms with Crippen molar-refractivity contribution in [2.45, 2.75) is 6.42 Å². The van der Waals surface area contributed by atoms with Crippen molar-refractivity contribution < 1.29 is 19.2 Å². The molecule has 1 aromatic carbocycles. The summed E-state index contributed by atoms with van der Waals surface area (Å²) in [6.07, 6.45) is 1.21. The van der Waals surface area contributed by atoms with Gasteiger partial charge in [0, 0.05) is 26.2 Å². The highest BCUT2D eigenvalue weighted by atomic mass is 16.2. The summed E-state index contributed by atoms with van der Waals surface area (Å²) in [5.74, 6) is -0.680. The molecule has 2 rings (SSSR count). The Bertz CT molecular complexity index is 582. The molecule has 122 valence electrons. The number of rotatable bonds is 8. The average Bonchev–Trinajstić information content (AvgIpc) is 2.80. The fourth-order valence-corrected chi connectivity index (χ4v) is 2.24. The van der Waals surface area contributed by atoms with Crippen molar-refractivity contribution in [3.63, 3.8) is 0 Å². The Labute approximate surface area is 133 Å². The van der Waals surface area contributed by atoms with E-state index >= 15 is 0 Å². The number of nitrogens with one attached hydrogen (secondary N) is 3. The molecule has 0 saturated carbocycles. The number of hydrogen-bond acceptors (Lipinski definition) is 4. The first-order chi connectivity index (χ1) is 11.1. The van der Waals surface area contributed by atoms with E-state index in [1.54, 1.807) is 24.3 Å². The largest absolute Gasteiger partial charge is 0.359 e. The minimum absolute atomic E-state index is 0.118. The monoisotopic (exact) mass is 318 g/mol. The summed E-state index contributed by atoms with van der Waals surface area (Å²) in [5, 5.41) is 7.68. The molecule has 0 fully saturated rings. The molecule has 0 atom stereocenters. The number of imide groups is 1. The van der Waals surface area contributed by atoms with Crippen molar-refractivity contribution >= 4 is 24.3 Å². The molecule has 0 bridgehead atoms. The Morgan fingerprint density at radius 1 is 1.00 bits per heavy atom. The smallest absolute Gasteiger partial charge is 0.314 e. The zero-order valence-corrected chi connectivity index (χ0v) is 12.5. The number of hydrogen-bond donors (Lipinski definition) is 3. The van der Waals surface area contributed by atoms with Gasteiger partial charge in [-0.25, -0.2) is 4.79 Å². The minimum atomic E-state index is -0.382. The Morgan fingerprint density at radius 3 is 2.22 bits per heavy atom. The van der Waals surface area contributed by atoms with E-state index in [2.05, 4.69) is 16.0 Å². The normalized spacial score (nSPS) is 12.8. The van der Waals surface area contributed by atoms with Crippen LogP contribution in [0.4, 0.5) is 4.79 Å². The number of benzene rings is 1. The third kappa shape index (κ3) is 4.06. The van der Waals surface area contributed by atoms with Gasteiger partial charge in [-0.05, 0) is 18.6 Å². The molecule has 1 aliphatic rings. The molecule has 0 spiro atoms. The summed E-state index contributed by atoms with van der Waals surface area (Å²) < 4.78 is 0. The number of carbonyl (C=O) groups is 4. The zero-order valence-electron chi connectivity index (χ0n) is 12.5. The standard InChI is InChI=1S/C15H18N4O4/c20-10-16-6-3-7-17-15(23)18-8-9-19-13(21)11-4-1-2-5-12(11)14(19)22/h1-2,4-5,10H,3,6-9H2,(H,16,20)(H2,17,18,23). The van der Waals surface area contributed by atoms with Gasteiger partial charge in [-0.1, -0.05) is 12.1 Å². The molecule has 8 nitrogen and oxygen atoms in total. The van der Waals surface area contributed by atoms with Crippen LogP contribution in [0.3, 0.4) is 0 Å². The highest BCUT2D eigenvalue weighted by molar-refractivity contribution is 6.21. The molecule has 0 aliphatic carbocycles. The van der Waals surface area contributed by atoms with Crippen LogP contribution in [0.2, 0.25) is 0 Å². The maximum Gasteiger partial charge on any atom is 0.314 e. The van der Waals surface area contributed by atoms with Crippen LogP contribution in [-0.4, -0.2) is 55.3 Å². The topological polar surface area (TPSA) is 108 Å². The summed E-state index contributed by atoms with van der Waals surface area (Å²) in [6.45, 7) is 1.19. The lowest BCUT2D eigenvalue weighted by atomic mass is 10.1. The molecule has 3 N–H and O–H groups in total. The van der Waals surface area contributed by atoms with Crippen LogP contribution in [0, 0.1) is 0 Å². The number of carbonyl (C=O) groups excluding carboxylic acids is 4. The van der Waals surface area contributed by atoms with E-state index in [4.69, 9.17) is 0 Å². The van der Waals surface area contributed by atoms with Gasteiger partial charge in [0.15, 0.2) is 0 Å². The van der Waals surface area contributed by atoms with Gasteiger partial charge in [-0.2, -0.15) is 0 Å². The SMILES string of the molecule is O=CNCCCNC(=O)NCCN1C(=O)c2ccccc2C1=O. The molecule has 8 heteroatoms. The number of fused-ring (bicyclic) bond motifs is 1. The van der Waals surface area contributed by atoms with Gasteiger partial charge in [0.05, 0.1) is 11.1 Å². The van der Waals surface area contributed by atoms with E-state index in [1.165, 1.54) is 0 Å². The minimum Gasteiger partial charge on any atom is -0.359 e. The van der Waals surface area contributed by atoms with E-state index in [0.717, 1.165) is 4.90 Å². The van der Waals surface area contributed by atoms with Crippen molar-refractivity contribution in [3.8, 4) is 0 Å². The van der Waals surface area contributed by atoms with Gasteiger partial charge < -0.3 is 16.0 Å². The number of urea groups is 1. The lowest BCUT2D eigenvalue weighted by molar-refractivity contribution is -0.109. The van der Waals surface area contributed by atoms with Crippen LogP contribution in [0.5, 0.6) is 0 Å². The predicted molar refractivity (Wildman–Crippen MR) is 81.9 cm³/mol. The molecule has 0 radical (unpaired) electrons. The van der Waals surface area contributed by atoms with E-state index in [9.17, 15) is 19.2 Å². The summed E-state index contributed by atoms with van der Waals surface area (Å²) in [6, 6.07) is 6.26. The van der Waals surface area contributed by atoms with Gasteiger partial charge >= 0.3 is 6.03 Å². The summed E-state index contributed by atoms with van der Waals surface area (Å²) in [7, 11) is 0. The van der Waals surface area contributed by atoms with Crippen LogP contribution < -0.4 is 16.0 Å². The van der Waals surface area contributed by atoms with E-state index in [-0.39, 0.29) is 30.9 Å². The van der Waals surface area contributed by atoms with Crippen molar-refractivity contribution in [1.82, 2.24) is 20.9 Å². The zero-order chi connectivity index (χ0) is 16.7. The lowest BCUT2D eigenvalue weighted by Crippen LogP contribution is -2.42. The fraction of sp³-hybridized carbons (Fsp3) is 0.333. The summed E-state index contributed by atoms with van der Waals surface area (Å²) >= 11 is 0. The second kappa shape index (κ2) is 7.92. The maximum absolute atomic E-state index is 12.1. The van der Waals surface area contributed by atoms with Gasteiger partial charge in [-0.3, -0.25) is 19.3 Å². The highest BCUT2D eigenvalue weighted by Gasteiger charge is 2.34. The van der Waals surface area contributed by atoms with Crippen LogP contribution in [-0.2, 0) is 4.79 Å². The molecule has 0 unspecified atom stereocenters. The average molecular weight is 318 g/mol. The van der Waals surface area contributed by atoms with Crippen LogP contribution in [0.15, 0.2) is 24.3 Å². The highest BCUT2D eigenvalue weighted by Crippen LogP contribution is 2.21. The first-order valence-electron chi connectivity index (χ1n) is 7.29. The molecule has 1 aromatic rings. The molecule has 1 heterocycles. The van der Waals surface area contributed by atoms with Crippen molar-refractivity contribution in [2.24, 2.45) is 0 Å². The Hall–Kier alpha value is -2.90. The van der Waals surface area contributed by atoms with Crippen LogP contribution >= 0.6 is 0 Å². The van der Waals surface area contributed by atoms with E-state index < -0.39 is 0 Å². The molecule has 0 saturated heterocycles. The molecule has 1 aliphatic heterocycles. The maximum atomic E-state index is 12.1. The first-order valence-corrected chi connectivity index (χ1v) is 7.29. The van der Waals surface area contributed by atoms with E-state index in [0.29, 0.717) is 37.0 Å². The molecule has 0 aromatic heterocycles. The first kappa shape index (κ1) is 16.5. The van der Waals surface area contributed by atoms with Crippen molar-refractivity contribution in [2.75, 3.05) is 26.2 Å². The van der Waals surface area contributed by atoms with E-state index in [1.807, 2.05) is 0 Å². The summed E-state index contributed by atoms with van der Waals surface area (Å²) in [5.41, 5.74) is 0.786. The Kier molecular flexibility index (Phi) is 5.67. The third-order valence-electron chi connectivity index (χ3n) is 3.37. The van der Waals surface area contributed by atoms with Gasteiger partial charge in [-0.15, -0.1) is 0 Å². The summed E-state index contributed by atoms with van der Waals surface area (Å²) in [4.78, 5) is 46.9. The lowest BCUT2D eigenvalue weighted by Gasteiger charge is -2.14. The van der Waals surface area contributed by atoms with Crippen LogP contribution in [0.25, 0.3) is 0 Å². The number of amides is 5.